The van der Waals surface area contributed by atoms with Gasteiger partial charge in [0.1, 0.15) is 0 Å². The summed E-state index contributed by atoms with van der Waals surface area (Å²) < 4.78 is 0. The Bertz CT molecular complexity index is 104. The largest absolute Gasteiger partial charge is 0.327 e. The third-order valence-electron chi connectivity index (χ3n) is 3.17. The number of hydrogen-bond donors (Lipinski definition) is 1. The molecule has 0 aromatic carbocycles. The molecule has 0 aliphatic carbocycles. The Morgan fingerprint density at radius 2 is 1.42 bits per heavy atom. The van der Waals surface area contributed by atoms with Gasteiger partial charge in [-0.3, -0.25) is 0 Å². The van der Waals surface area contributed by atoms with Gasteiger partial charge in [0, 0.05) is 6.04 Å². The molecule has 0 amide bonds. The summed E-state index contributed by atoms with van der Waals surface area (Å²) in [7, 11) is 0. The molecule has 74 valence electrons. The van der Waals surface area contributed by atoms with Crippen molar-refractivity contribution in [3.63, 3.8) is 0 Å². The van der Waals surface area contributed by atoms with Gasteiger partial charge in [-0.25, -0.2) is 0 Å². The lowest BCUT2D eigenvalue weighted by Crippen LogP contribution is -2.37. The molecule has 12 heavy (non-hydrogen) atoms. The van der Waals surface area contributed by atoms with Crippen LogP contribution in [0.4, 0.5) is 0 Å². The summed E-state index contributed by atoms with van der Waals surface area (Å²) >= 11 is 0. The lowest BCUT2D eigenvalue weighted by atomic mass is 9.80. The molecule has 0 aliphatic rings. The van der Waals surface area contributed by atoms with E-state index < -0.39 is 0 Å². The molecule has 0 fully saturated rings. The Labute approximate surface area is 77.7 Å². The van der Waals surface area contributed by atoms with Gasteiger partial charge in [0.25, 0.3) is 0 Å². The Kier molecular flexibility index (Phi) is 5.56. The normalized spacial score (nSPS) is 17.0. The van der Waals surface area contributed by atoms with Gasteiger partial charge in [-0.05, 0) is 17.8 Å². The molecule has 2 N–H and O–H groups in total. The van der Waals surface area contributed by atoms with Gasteiger partial charge >= 0.3 is 0 Å². The second-order valence-corrected chi connectivity index (χ2v) is 4.26. The minimum absolute atomic E-state index is 0.370. The molecular formula is C11H25N. The van der Waals surface area contributed by atoms with Crippen molar-refractivity contribution < 1.29 is 0 Å². The van der Waals surface area contributed by atoms with Crippen molar-refractivity contribution in [2.45, 2.75) is 53.5 Å². The van der Waals surface area contributed by atoms with Crippen LogP contribution >= 0.6 is 0 Å². The second kappa shape index (κ2) is 5.58. The first-order valence-corrected chi connectivity index (χ1v) is 5.30. The van der Waals surface area contributed by atoms with Crippen LogP contribution < -0.4 is 5.73 Å². The SMILES string of the molecule is CCC(CC)C(C)C(N)C(C)C. The highest BCUT2D eigenvalue weighted by Crippen LogP contribution is 2.24. The van der Waals surface area contributed by atoms with E-state index in [1.807, 2.05) is 0 Å². The van der Waals surface area contributed by atoms with Crippen molar-refractivity contribution in [3.8, 4) is 0 Å². The average molecular weight is 171 g/mol. The molecule has 0 spiro atoms. The molecule has 2 unspecified atom stereocenters. The maximum Gasteiger partial charge on any atom is 0.00903 e. The zero-order valence-electron chi connectivity index (χ0n) is 9.30. The minimum atomic E-state index is 0.370. The molecule has 0 aliphatic heterocycles. The molecular weight excluding hydrogens is 146 g/mol. The van der Waals surface area contributed by atoms with Crippen LogP contribution in [-0.2, 0) is 0 Å². The Morgan fingerprint density at radius 1 is 1.00 bits per heavy atom. The third kappa shape index (κ3) is 3.14. The highest BCUT2D eigenvalue weighted by Gasteiger charge is 2.22. The summed E-state index contributed by atoms with van der Waals surface area (Å²) in [5.74, 6) is 2.09. The van der Waals surface area contributed by atoms with E-state index in [0.29, 0.717) is 17.9 Å². The second-order valence-electron chi connectivity index (χ2n) is 4.26. The van der Waals surface area contributed by atoms with Gasteiger partial charge in [-0.2, -0.15) is 0 Å². The first-order valence-electron chi connectivity index (χ1n) is 5.30. The lowest BCUT2D eigenvalue weighted by molar-refractivity contribution is 0.248. The van der Waals surface area contributed by atoms with Crippen molar-refractivity contribution in [1.29, 1.82) is 0 Å². The fourth-order valence-corrected chi connectivity index (χ4v) is 1.95. The van der Waals surface area contributed by atoms with E-state index in [1.165, 1.54) is 12.8 Å². The van der Waals surface area contributed by atoms with Gasteiger partial charge in [0.05, 0.1) is 0 Å². The average Bonchev–Trinajstić information content (AvgIpc) is 2.05. The van der Waals surface area contributed by atoms with Crippen LogP contribution in [0.1, 0.15) is 47.5 Å². The van der Waals surface area contributed by atoms with Crippen molar-refractivity contribution in [2.24, 2.45) is 23.5 Å². The number of nitrogens with two attached hydrogens (primary N) is 1. The summed E-state index contributed by atoms with van der Waals surface area (Å²) in [5.41, 5.74) is 6.11. The Hall–Kier alpha value is -0.0400. The first kappa shape index (κ1) is 12.0. The number of hydrogen-bond acceptors (Lipinski definition) is 1. The Balaban J connectivity index is 4.05. The quantitative estimate of drug-likeness (QED) is 0.676. The molecule has 1 nitrogen and oxygen atoms in total. The molecule has 0 bridgehead atoms. The van der Waals surface area contributed by atoms with E-state index >= 15 is 0 Å². The number of rotatable bonds is 5. The predicted molar refractivity (Wildman–Crippen MR) is 56.0 cm³/mol. The summed E-state index contributed by atoms with van der Waals surface area (Å²) in [6, 6.07) is 0.370. The molecule has 0 aromatic heterocycles. The van der Waals surface area contributed by atoms with Gasteiger partial charge in [0.15, 0.2) is 0 Å². The molecule has 1 heteroatoms. The van der Waals surface area contributed by atoms with Crippen molar-refractivity contribution >= 4 is 0 Å². The summed E-state index contributed by atoms with van der Waals surface area (Å²) in [6.07, 6.45) is 2.52. The van der Waals surface area contributed by atoms with Crippen LogP contribution in [0.5, 0.6) is 0 Å². The summed E-state index contributed by atoms with van der Waals surface area (Å²) in [6.45, 7) is 11.2. The minimum Gasteiger partial charge on any atom is -0.327 e. The van der Waals surface area contributed by atoms with E-state index in [1.54, 1.807) is 0 Å². The molecule has 0 rings (SSSR count). The zero-order valence-corrected chi connectivity index (χ0v) is 9.30. The van der Waals surface area contributed by atoms with Gasteiger partial charge < -0.3 is 5.73 Å². The first-order chi connectivity index (χ1) is 5.54. The molecule has 0 aromatic rings. The van der Waals surface area contributed by atoms with E-state index in [0.717, 1.165) is 5.92 Å². The zero-order chi connectivity index (χ0) is 9.72. The lowest BCUT2D eigenvalue weighted by Gasteiger charge is -2.29. The van der Waals surface area contributed by atoms with E-state index in [9.17, 15) is 0 Å². The standard InChI is InChI=1S/C11H25N/c1-6-10(7-2)9(5)11(12)8(3)4/h8-11H,6-7,12H2,1-5H3. The van der Waals surface area contributed by atoms with Crippen LogP contribution in [0.3, 0.4) is 0 Å². The van der Waals surface area contributed by atoms with E-state index in [-0.39, 0.29) is 0 Å². The van der Waals surface area contributed by atoms with Crippen LogP contribution in [0.2, 0.25) is 0 Å². The van der Waals surface area contributed by atoms with Crippen molar-refractivity contribution in [2.75, 3.05) is 0 Å². The van der Waals surface area contributed by atoms with E-state index in [4.69, 9.17) is 5.73 Å². The fraction of sp³-hybridized carbons (Fsp3) is 1.00. The smallest absolute Gasteiger partial charge is 0.00903 e. The summed E-state index contributed by atoms with van der Waals surface area (Å²) in [5, 5.41) is 0. The van der Waals surface area contributed by atoms with Gasteiger partial charge in [0.2, 0.25) is 0 Å². The predicted octanol–water partition coefficient (Wildman–Crippen LogP) is 3.04. The van der Waals surface area contributed by atoms with Crippen LogP contribution in [0.25, 0.3) is 0 Å². The van der Waals surface area contributed by atoms with Crippen molar-refractivity contribution in [3.05, 3.63) is 0 Å². The van der Waals surface area contributed by atoms with Crippen molar-refractivity contribution in [1.82, 2.24) is 0 Å². The third-order valence-corrected chi connectivity index (χ3v) is 3.17. The van der Waals surface area contributed by atoms with Gasteiger partial charge in [-0.1, -0.05) is 47.5 Å². The topological polar surface area (TPSA) is 26.0 Å². The molecule has 0 saturated heterocycles. The van der Waals surface area contributed by atoms with Crippen LogP contribution in [-0.4, -0.2) is 6.04 Å². The van der Waals surface area contributed by atoms with Crippen LogP contribution in [0.15, 0.2) is 0 Å². The van der Waals surface area contributed by atoms with E-state index in [2.05, 4.69) is 34.6 Å². The highest BCUT2D eigenvalue weighted by atomic mass is 14.7. The highest BCUT2D eigenvalue weighted by molar-refractivity contribution is 4.77. The Morgan fingerprint density at radius 3 is 1.67 bits per heavy atom. The molecule has 0 radical (unpaired) electrons. The summed E-state index contributed by atoms with van der Waals surface area (Å²) in [4.78, 5) is 0. The monoisotopic (exact) mass is 171 g/mol. The fourth-order valence-electron chi connectivity index (χ4n) is 1.95. The molecule has 0 saturated carbocycles. The molecule has 2 atom stereocenters. The maximum absolute atomic E-state index is 6.11. The maximum atomic E-state index is 6.11. The molecule has 0 heterocycles. The van der Waals surface area contributed by atoms with Crippen LogP contribution in [0, 0.1) is 17.8 Å². The van der Waals surface area contributed by atoms with Gasteiger partial charge in [-0.15, -0.1) is 0 Å².